The molecule has 214 valence electrons. The molecule has 0 aliphatic carbocycles. The number of benzene rings is 4. The molecule has 0 atom stereocenters. The summed E-state index contributed by atoms with van der Waals surface area (Å²) in [6.45, 7) is 0. The molecule has 4 heterocycles. The number of quaternary nitrogens is 1. The Morgan fingerprint density at radius 1 is 0.578 bits per heavy atom. The van der Waals surface area contributed by atoms with Crippen LogP contribution in [0.25, 0.3) is 16.7 Å². The number of aromatic amines is 1. The smallest absolute Gasteiger partial charge is 0.218 e. The highest BCUT2D eigenvalue weighted by atomic mass is 16.3. The number of nitrogens with two attached hydrogens (primary N) is 1. The maximum Gasteiger partial charge on any atom is 0.218 e. The van der Waals surface area contributed by atoms with Crippen molar-refractivity contribution in [3.63, 3.8) is 0 Å². The molecule has 5 aromatic rings. The van der Waals surface area contributed by atoms with Crippen molar-refractivity contribution in [1.29, 1.82) is 0 Å². The fourth-order valence-electron chi connectivity index (χ4n) is 6.19. The summed E-state index contributed by atoms with van der Waals surface area (Å²) in [4.78, 5) is 13.9. The Morgan fingerprint density at radius 2 is 1.07 bits per heavy atom. The molecule has 6 bridgehead atoms. The fraction of sp³-hybridized carbons (Fsp3) is 0. The molecule has 0 fully saturated rings. The maximum atomic E-state index is 11.2. The molecule has 0 spiro atoms. The average molecular weight is 582 g/mol. The van der Waals surface area contributed by atoms with E-state index < -0.39 is 0 Å². The van der Waals surface area contributed by atoms with Crippen molar-refractivity contribution in [2.75, 3.05) is 0 Å². The topological polar surface area (TPSA) is 77.4 Å². The molecular formula is C40H29N4O+. The molecule has 45 heavy (non-hydrogen) atoms. The molecule has 8 rings (SSSR count). The normalized spacial score (nSPS) is 16.0. The van der Waals surface area contributed by atoms with Crippen LogP contribution in [0.15, 0.2) is 184 Å². The number of aliphatic imine (C=N–C) groups is 2. The number of allylic oxidation sites excluding steroid dienone is 6. The van der Waals surface area contributed by atoms with Gasteiger partial charge in [0.2, 0.25) is 5.90 Å². The Balaban J connectivity index is 1.47. The Bertz CT molecular complexity index is 2250. The van der Waals surface area contributed by atoms with Gasteiger partial charge in [-0.2, -0.15) is 0 Å². The number of H-pyrrole nitrogens is 1. The van der Waals surface area contributed by atoms with Crippen LogP contribution in [0.1, 0.15) is 22.3 Å². The van der Waals surface area contributed by atoms with Crippen LogP contribution < -0.4 is 16.0 Å². The minimum absolute atomic E-state index is 0.0590. The van der Waals surface area contributed by atoms with E-state index in [1.54, 1.807) is 0 Å². The van der Waals surface area contributed by atoms with Gasteiger partial charge in [-0.15, -0.1) is 0 Å². The third-order valence-electron chi connectivity index (χ3n) is 8.24. The van der Waals surface area contributed by atoms with E-state index in [1.165, 1.54) is 0 Å². The van der Waals surface area contributed by atoms with Crippen molar-refractivity contribution < 1.29 is 10.4 Å². The third kappa shape index (κ3) is 4.91. The van der Waals surface area contributed by atoms with Crippen molar-refractivity contribution in [1.82, 2.24) is 4.98 Å². The van der Waals surface area contributed by atoms with Crippen LogP contribution in [0.3, 0.4) is 0 Å². The van der Waals surface area contributed by atoms with Gasteiger partial charge in [0.05, 0.1) is 33.6 Å². The first-order valence-corrected chi connectivity index (χ1v) is 15.0. The summed E-state index contributed by atoms with van der Waals surface area (Å²) in [5.74, 6) is -0.0590. The summed E-state index contributed by atoms with van der Waals surface area (Å²) < 4.78 is 0. The second-order valence-corrected chi connectivity index (χ2v) is 11.1. The Hall–Kier alpha value is -6.04. The van der Waals surface area contributed by atoms with Crippen LogP contribution in [0.4, 0.5) is 0 Å². The van der Waals surface area contributed by atoms with Crippen molar-refractivity contribution in [2.45, 2.75) is 0 Å². The molecule has 5 nitrogen and oxygen atoms in total. The highest BCUT2D eigenvalue weighted by molar-refractivity contribution is 6.33. The van der Waals surface area contributed by atoms with Crippen LogP contribution in [0, 0.1) is 0 Å². The lowest BCUT2D eigenvalue weighted by molar-refractivity contribution is -0.537. The zero-order valence-corrected chi connectivity index (χ0v) is 24.4. The first-order chi connectivity index (χ1) is 22.2. The first-order valence-electron chi connectivity index (χ1n) is 15.0. The lowest BCUT2D eigenvalue weighted by Crippen LogP contribution is -2.79. The molecular weight excluding hydrogens is 552 g/mol. The number of hydrogen-bond donors (Lipinski definition) is 3. The van der Waals surface area contributed by atoms with Crippen LogP contribution in [0.2, 0.25) is 0 Å². The number of fused-ring (bicyclic) bond motifs is 5. The van der Waals surface area contributed by atoms with Crippen molar-refractivity contribution >= 4 is 28.3 Å². The molecule has 1 aromatic heterocycles. The van der Waals surface area contributed by atoms with E-state index in [1.807, 2.05) is 66.7 Å². The van der Waals surface area contributed by atoms with E-state index >= 15 is 0 Å². The van der Waals surface area contributed by atoms with Crippen molar-refractivity contribution in [3.8, 4) is 0 Å². The monoisotopic (exact) mass is 581 g/mol. The Kier molecular flexibility index (Phi) is 6.63. The summed E-state index contributed by atoms with van der Waals surface area (Å²) in [5.41, 5.74) is 11.1. The van der Waals surface area contributed by atoms with Crippen molar-refractivity contribution in [2.24, 2.45) is 9.98 Å². The van der Waals surface area contributed by atoms with Gasteiger partial charge in [0, 0.05) is 28.6 Å². The minimum Gasteiger partial charge on any atom is -0.493 e. The van der Waals surface area contributed by atoms with Gasteiger partial charge in [0.25, 0.3) is 0 Å². The van der Waals surface area contributed by atoms with E-state index in [2.05, 4.69) is 95.2 Å². The number of aromatic nitrogens is 1. The highest BCUT2D eigenvalue weighted by Gasteiger charge is 2.30. The van der Waals surface area contributed by atoms with E-state index in [9.17, 15) is 5.11 Å². The fourth-order valence-corrected chi connectivity index (χ4v) is 6.19. The molecule has 0 unspecified atom stereocenters. The van der Waals surface area contributed by atoms with Gasteiger partial charge in [-0.1, -0.05) is 109 Å². The summed E-state index contributed by atoms with van der Waals surface area (Å²) in [6.07, 6.45) is 6.35. The molecule has 4 aromatic carbocycles. The summed E-state index contributed by atoms with van der Waals surface area (Å²) >= 11 is 0. The lowest BCUT2D eigenvalue weighted by Gasteiger charge is -2.13. The van der Waals surface area contributed by atoms with E-state index in [0.717, 1.165) is 61.2 Å². The second kappa shape index (κ2) is 11.2. The van der Waals surface area contributed by atoms with E-state index in [-0.39, 0.29) is 5.90 Å². The number of rotatable bonds is 5. The number of nitrogens with one attached hydrogen (secondary N) is 1. The average Bonchev–Trinajstić information content (AvgIpc) is 3.86. The van der Waals surface area contributed by atoms with Gasteiger partial charge < -0.3 is 10.1 Å². The zero-order chi connectivity index (χ0) is 30.2. The Labute approximate surface area is 260 Å². The number of nitrogens with zero attached hydrogens (tertiary/aromatic N) is 2. The van der Waals surface area contributed by atoms with E-state index in [0.29, 0.717) is 17.0 Å². The summed E-state index contributed by atoms with van der Waals surface area (Å²) in [7, 11) is 0. The molecule has 0 radical (unpaired) electrons. The molecule has 0 amide bonds. The van der Waals surface area contributed by atoms with Crippen LogP contribution in [0.5, 0.6) is 0 Å². The Morgan fingerprint density at radius 3 is 1.67 bits per heavy atom. The molecule has 0 saturated carbocycles. The molecule has 0 saturated heterocycles. The quantitative estimate of drug-likeness (QED) is 0.185. The van der Waals surface area contributed by atoms with Gasteiger partial charge in [-0.05, 0) is 47.0 Å². The SMILES string of the molecule is OC(=NC1=CC2=C(c3ccccc3)C3=CC=C([NH2+]3)C(c3ccccc3)=c3ccc([nH]3)=C(c3ccccc3)C1=N2)c1ccccc1. The number of aliphatic hydroxyl groups excluding tert-OH is 1. The van der Waals surface area contributed by atoms with Gasteiger partial charge in [-0.3, -0.25) is 5.32 Å². The van der Waals surface area contributed by atoms with Crippen LogP contribution in [-0.4, -0.2) is 21.7 Å². The third-order valence-corrected chi connectivity index (χ3v) is 8.24. The zero-order valence-electron chi connectivity index (χ0n) is 24.4. The van der Waals surface area contributed by atoms with Crippen LogP contribution >= 0.6 is 0 Å². The summed E-state index contributed by atoms with van der Waals surface area (Å²) in [5, 5.41) is 15.4. The summed E-state index contributed by atoms with van der Waals surface area (Å²) in [6, 6.07) is 44.8. The number of hydrogen-bond acceptors (Lipinski definition) is 2. The standard InChI is InChI=1S/C40H28N4O/c45-40(29-19-11-4-12-20-29)44-35-25-34-37(27-15-7-2-8-16-27)32-22-21-30(41-32)36(26-13-5-1-6-14-26)31-23-24-33(42-31)38(39(35)43-34)28-17-9-3-10-18-28/h1-25,41-42H,(H,44,45)/p+1. The molecule has 4 N–H and O–H groups in total. The molecule has 3 aliphatic rings. The minimum atomic E-state index is -0.0590. The van der Waals surface area contributed by atoms with Gasteiger partial charge in [0.1, 0.15) is 11.4 Å². The van der Waals surface area contributed by atoms with Gasteiger partial charge in [-0.25, -0.2) is 9.98 Å². The largest absolute Gasteiger partial charge is 0.493 e. The van der Waals surface area contributed by atoms with Crippen LogP contribution in [-0.2, 0) is 0 Å². The maximum absolute atomic E-state index is 11.2. The predicted octanol–water partition coefficient (Wildman–Crippen LogP) is 5.53. The van der Waals surface area contributed by atoms with Crippen molar-refractivity contribution in [3.05, 3.63) is 207 Å². The highest BCUT2D eigenvalue weighted by Crippen LogP contribution is 2.35. The lowest BCUT2D eigenvalue weighted by atomic mass is 9.98. The molecule has 3 aliphatic heterocycles. The first kappa shape index (κ1) is 26.6. The second-order valence-electron chi connectivity index (χ2n) is 11.1. The molecule has 5 heteroatoms. The van der Waals surface area contributed by atoms with E-state index in [4.69, 9.17) is 9.98 Å². The van der Waals surface area contributed by atoms with Gasteiger partial charge >= 0.3 is 0 Å². The van der Waals surface area contributed by atoms with Gasteiger partial charge in [0.15, 0.2) is 0 Å². The number of aliphatic hydroxyl groups is 1. The predicted molar refractivity (Wildman–Crippen MR) is 181 cm³/mol.